The van der Waals surface area contributed by atoms with Gasteiger partial charge in [0.25, 0.3) is 10.0 Å². The van der Waals surface area contributed by atoms with Crippen molar-refractivity contribution in [1.82, 2.24) is 0 Å². The summed E-state index contributed by atoms with van der Waals surface area (Å²) in [6.45, 7) is 0. The lowest BCUT2D eigenvalue weighted by atomic mass is 10.2. The van der Waals surface area contributed by atoms with Crippen LogP contribution < -0.4 is 10.5 Å². The second-order valence-corrected chi connectivity index (χ2v) is 7.89. The molecule has 0 bridgehead atoms. The van der Waals surface area contributed by atoms with E-state index in [1.165, 1.54) is 6.07 Å². The average molecular weight is 369 g/mol. The molecule has 0 fully saturated rings. The highest BCUT2D eigenvalue weighted by Crippen LogP contribution is 2.30. The standard InChI is InChI=1S/C10H7BrF2N2O2S2/c11-8-1-2-9(18-8)19(16,17)15-10-6(13)3-5(12)4-7(10)14/h1-4,15H,14H2. The molecule has 102 valence electrons. The summed E-state index contributed by atoms with van der Waals surface area (Å²) in [4.78, 5) is 0. The third kappa shape index (κ3) is 3.04. The zero-order valence-corrected chi connectivity index (χ0v) is 12.4. The third-order valence-corrected chi connectivity index (χ3v) is 5.60. The maximum atomic E-state index is 13.5. The minimum absolute atomic E-state index is 0.0116. The molecule has 19 heavy (non-hydrogen) atoms. The van der Waals surface area contributed by atoms with Gasteiger partial charge in [-0.25, -0.2) is 17.2 Å². The molecular weight excluding hydrogens is 362 g/mol. The summed E-state index contributed by atoms with van der Waals surface area (Å²) in [6.07, 6.45) is 0. The fourth-order valence-corrected chi connectivity index (χ4v) is 4.43. The molecule has 0 saturated heterocycles. The second kappa shape index (κ2) is 5.06. The van der Waals surface area contributed by atoms with E-state index in [4.69, 9.17) is 5.73 Å². The maximum Gasteiger partial charge on any atom is 0.271 e. The van der Waals surface area contributed by atoms with Crippen molar-refractivity contribution in [3.05, 3.63) is 39.7 Å². The monoisotopic (exact) mass is 368 g/mol. The highest BCUT2D eigenvalue weighted by molar-refractivity contribution is 9.11. The van der Waals surface area contributed by atoms with Crippen LogP contribution >= 0.6 is 27.3 Å². The predicted octanol–water partition coefficient (Wildman–Crippen LogP) is 3.17. The maximum absolute atomic E-state index is 13.5. The molecule has 1 heterocycles. The molecule has 2 aromatic rings. The van der Waals surface area contributed by atoms with Crippen LogP contribution in [0.4, 0.5) is 20.2 Å². The largest absolute Gasteiger partial charge is 0.397 e. The highest BCUT2D eigenvalue weighted by Gasteiger charge is 2.20. The Kier molecular flexibility index (Phi) is 3.79. The SMILES string of the molecule is Nc1cc(F)cc(F)c1NS(=O)(=O)c1ccc(Br)s1. The van der Waals surface area contributed by atoms with E-state index in [-0.39, 0.29) is 9.90 Å². The van der Waals surface area contributed by atoms with Gasteiger partial charge in [-0.15, -0.1) is 11.3 Å². The van der Waals surface area contributed by atoms with Gasteiger partial charge in [0.1, 0.15) is 15.7 Å². The van der Waals surface area contributed by atoms with Gasteiger partial charge in [-0.2, -0.15) is 0 Å². The lowest BCUT2D eigenvalue weighted by Gasteiger charge is -2.10. The third-order valence-electron chi connectivity index (χ3n) is 2.14. The first kappa shape index (κ1) is 14.2. The lowest BCUT2D eigenvalue weighted by Crippen LogP contribution is -2.14. The Morgan fingerprint density at radius 2 is 1.95 bits per heavy atom. The molecule has 0 aliphatic carbocycles. The smallest absolute Gasteiger partial charge is 0.271 e. The average Bonchev–Trinajstić information content (AvgIpc) is 2.71. The first-order valence-electron chi connectivity index (χ1n) is 4.82. The number of hydrogen-bond acceptors (Lipinski definition) is 4. The molecule has 0 aliphatic heterocycles. The number of nitrogen functional groups attached to an aromatic ring is 1. The van der Waals surface area contributed by atoms with Crippen molar-refractivity contribution in [3.63, 3.8) is 0 Å². The lowest BCUT2D eigenvalue weighted by molar-refractivity contribution is 0.584. The Bertz CT molecular complexity index is 708. The van der Waals surface area contributed by atoms with Crippen LogP contribution in [0.25, 0.3) is 0 Å². The number of sulfonamides is 1. The Hall–Kier alpha value is -1.19. The summed E-state index contributed by atoms with van der Waals surface area (Å²) in [6, 6.07) is 4.29. The normalized spacial score (nSPS) is 11.5. The molecule has 0 saturated carbocycles. The summed E-state index contributed by atoms with van der Waals surface area (Å²) >= 11 is 4.08. The van der Waals surface area contributed by atoms with Crippen LogP contribution in [0.3, 0.4) is 0 Å². The minimum Gasteiger partial charge on any atom is -0.397 e. The Labute approximate surface area is 120 Å². The van der Waals surface area contributed by atoms with Gasteiger partial charge in [-0.1, -0.05) is 0 Å². The van der Waals surface area contributed by atoms with Crippen molar-refractivity contribution in [2.24, 2.45) is 0 Å². The summed E-state index contributed by atoms with van der Waals surface area (Å²) in [5.74, 6) is -1.95. The summed E-state index contributed by atoms with van der Waals surface area (Å²) in [7, 11) is -3.95. The van der Waals surface area contributed by atoms with Gasteiger partial charge in [0.05, 0.1) is 9.47 Å². The predicted molar refractivity (Wildman–Crippen MR) is 73.6 cm³/mol. The van der Waals surface area contributed by atoms with Gasteiger partial charge in [0.2, 0.25) is 0 Å². The number of halogens is 3. The number of anilines is 2. The molecule has 2 rings (SSSR count). The van der Waals surface area contributed by atoms with Crippen LogP contribution in [0.1, 0.15) is 0 Å². The highest BCUT2D eigenvalue weighted by atomic mass is 79.9. The van der Waals surface area contributed by atoms with Crippen LogP contribution in [-0.4, -0.2) is 8.42 Å². The molecule has 0 atom stereocenters. The number of benzene rings is 1. The molecule has 1 aromatic carbocycles. The van der Waals surface area contributed by atoms with Crippen LogP contribution in [0, 0.1) is 11.6 Å². The van der Waals surface area contributed by atoms with Crippen LogP contribution in [-0.2, 0) is 10.0 Å². The van der Waals surface area contributed by atoms with Crippen molar-refractivity contribution in [2.45, 2.75) is 4.21 Å². The molecule has 0 aliphatic rings. The van der Waals surface area contributed by atoms with E-state index < -0.39 is 27.3 Å². The van der Waals surface area contributed by atoms with Crippen molar-refractivity contribution >= 4 is 48.7 Å². The number of thiophene rings is 1. The molecule has 1 aromatic heterocycles. The Balaban J connectivity index is 2.41. The molecular formula is C10H7BrF2N2O2S2. The van der Waals surface area contributed by atoms with Gasteiger partial charge >= 0.3 is 0 Å². The number of nitrogens with two attached hydrogens (primary N) is 1. The Morgan fingerprint density at radius 1 is 1.26 bits per heavy atom. The second-order valence-electron chi connectivity index (χ2n) is 3.52. The van der Waals surface area contributed by atoms with Gasteiger partial charge in [0, 0.05) is 6.07 Å². The van der Waals surface area contributed by atoms with Gasteiger partial charge < -0.3 is 5.73 Å². The van der Waals surface area contributed by atoms with Crippen LogP contribution in [0.2, 0.25) is 0 Å². The zero-order valence-electron chi connectivity index (χ0n) is 9.15. The van der Waals surface area contributed by atoms with E-state index in [2.05, 4.69) is 15.9 Å². The summed E-state index contributed by atoms with van der Waals surface area (Å²) < 4.78 is 52.9. The minimum atomic E-state index is -3.95. The topological polar surface area (TPSA) is 72.2 Å². The van der Waals surface area contributed by atoms with E-state index in [1.54, 1.807) is 6.07 Å². The van der Waals surface area contributed by atoms with E-state index in [1.807, 2.05) is 4.72 Å². The van der Waals surface area contributed by atoms with E-state index in [0.29, 0.717) is 9.85 Å². The van der Waals surface area contributed by atoms with Crippen molar-refractivity contribution in [2.75, 3.05) is 10.5 Å². The number of hydrogen-bond donors (Lipinski definition) is 2. The van der Waals surface area contributed by atoms with Crippen LogP contribution in [0.15, 0.2) is 32.3 Å². The molecule has 0 spiro atoms. The zero-order chi connectivity index (χ0) is 14.2. The molecule has 3 N–H and O–H groups in total. The van der Waals surface area contributed by atoms with E-state index in [0.717, 1.165) is 17.4 Å². The van der Waals surface area contributed by atoms with Gasteiger partial charge in [0.15, 0.2) is 5.82 Å². The molecule has 0 amide bonds. The fourth-order valence-electron chi connectivity index (χ4n) is 1.33. The van der Waals surface area contributed by atoms with Crippen molar-refractivity contribution < 1.29 is 17.2 Å². The first-order chi connectivity index (χ1) is 8.79. The van der Waals surface area contributed by atoms with Crippen LogP contribution in [0.5, 0.6) is 0 Å². The van der Waals surface area contributed by atoms with Crippen molar-refractivity contribution in [3.8, 4) is 0 Å². The van der Waals surface area contributed by atoms with E-state index >= 15 is 0 Å². The fraction of sp³-hybridized carbons (Fsp3) is 0. The molecule has 0 unspecified atom stereocenters. The number of nitrogens with one attached hydrogen (secondary N) is 1. The van der Waals surface area contributed by atoms with Crippen molar-refractivity contribution in [1.29, 1.82) is 0 Å². The molecule has 9 heteroatoms. The molecule has 4 nitrogen and oxygen atoms in total. The number of rotatable bonds is 3. The van der Waals surface area contributed by atoms with Gasteiger partial charge in [-0.3, -0.25) is 4.72 Å². The Morgan fingerprint density at radius 3 is 2.47 bits per heavy atom. The molecule has 0 radical (unpaired) electrons. The summed E-state index contributed by atoms with van der Waals surface area (Å²) in [5.41, 5.74) is 4.61. The van der Waals surface area contributed by atoms with Gasteiger partial charge in [-0.05, 0) is 34.1 Å². The first-order valence-corrected chi connectivity index (χ1v) is 7.91. The van der Waals surface area contributed by atoms with E-state index in [9.17, 15) is 17.2 Å². The summed E-state index contributed by atoms with van der Waals surface area (Å²) in [5, 5.41) is 0. The quantitative estimate of drug-likeness (QED) is 0.817.